The number of rotatable bonds is 4. The summed E-state index contributed by atoms with van der Waals surface area (Å²) in [6, 6.07) is 15.7. The molecule has 0 spiro atoms. The lowest BCUT2D eigenvalue weighted by atomic mass is 9.89. The van der Waals surface area contributed by atoms with Crippen LogP contribution in [-0.2, 0) is 13.0 Å². The minimum atomic E-state index is -0.458. The Morgan fingerprint density at radius 3 is 2.69 bits per heavy atom. The lowest BCUT2D eigenvalue weighted by Gasteiger charge is -2.31. The molecule has 1 aliphatic heterocycles. The Labute approximate surface area is 170 Å². The van der Waals surface area contributed by atoms with E-state index in [1.54, 1.807) is 6.07 Å². The molecule has 0 unspecified atom stereocenters. The molecule has 1 saturated heterocycles. The van der Waals surface area contributed by atoms with Crippen LogP contribution >= 0.6 is 0 Å². The van der Waals surface area contributed by atoms with Crippen molar-refractivity contribution < 1.29 is 10.2 Å². The Hall–Kier alpha value is -2.70. The van der Waals surface area contributed by atoms with E-state index in [1.807, 2.05) is 35.1 Å². The maximum Gasteiger partial charge on any atom is 0.115 e. The summed E-state index contributed by atoms with van der Waals surface area (Å²) in [5, 5.41) is 29.0. The molecule has 2 N–H and O–H groups in total. The smallest absolute Gasteiger partial charge is 0.115 e. The Bertz CT molecular complexity index is 994. The molecule has 150 valence electrons. The van der Waals surface area contributed by atoms with Crippen LogP contribution in [0.1, 0.15) is 47.2 Å². The van der Waals surface area contributed by atoms with Crippen molar-refractivity contribution in [3.8, 4) is 5.75 Å². The van der Waals surface area contributed by atoms with Crippen molar-refractivity contribution in [2.24, 2.45) is 0 Å². The number of phenols is 1. The molecule has 6 heteroatoms. The van der Waals surface area contributed by atoms with Crippen molar-refractivity contribution in [2.75, 3.05) is 13.1 Å². The third-order valence-electron chi connectivity index (χ3n) is 6.32. The Balaban J connectivity index is 1.23. The minimum absolute atomic E-state index is 0.149. The van der Waals surface area contributed by atoms with Crippen LogP contribution in [0.2, 0.25) is 0 Å². The predicted octanol–water partition coefficient (Wildman–Crippen LogP) is 2.87. The van der Waals surface area contributed by atoms with Gasteiger partial charge in [0.25, 0.3) is 0 Å². The first-order valence-electron chi connectivity index (χ1n) is 10.4. The van der Waals surface area contributed by atoms with Crippen LogP contribution in [0.4, 0.5) is 0 Å². The fraction of sp³-hybridized carbons (Fsp3) is 0.391. The number of benzene rings is 2. The lowest BCUT2D eigenvalue weighted by molar-refractivity contribution is 0.137. The molecule has 29 heavy (non-hydrogen) atoms. The second kappa shape index (κ2) is 7.61. The number of fused-ring (bicyclic) bond motifs is 1. The van der Waals surface area contributed by atoms with Gasteiger partial charge in [0.15, 0.2) is 0 Å². The fourth-order valence-corrected chi connectivity index (χ4v) is 4.83. The molecule has 6 nitrogen and oxygen atoms in total. The van der Waals surface area contributed by atoms with E-state index in [9.17, 15) is 10.2 Å². The highest BCUT2D eigenvalue weighted by molar-refractivity contribution is 5.37. The fourth-order valence-electron chi connectivity index (χ4n) is 4.83. The summed E-state index contributed by atoms with van der Waals surface area (Å²) in [5.41, 5.74) is 4.50. The predicted molar refractivity (Wildman–Crippen MR) is 110 cm³/mol. The van der Waals surface area contributed by atoms with Crippen LogP contribution in [0.25, 0.3) is 0 Å². The number of piperidine rings is 1. The topological polar surface area (TPSA) is 74.4 Å². The molecule has 2 aromatic carbocycles. The van der Waals surface area contributed by atoms with E-state index >= 15 is 0 Å². The van der Waals surface area contributed by atoms with Gasteiger partial charge in [-0.1, -0.05) is 41.6 Å². The SMILES string of the molecule is Oc1cccc(C2CCN(Cc3cn([C@@H]4c5ccccc5C[C@@H]4O)nn3)CC2)c1. The Morgan fingerprint density at radius 2 is 1.86 bits per heavy atom. The first kappa shape index (κ1) is 18.3. The number of aliphatic hydroxyl groups is 1. The van der Waals surface area contributed by atoms with Crippen molar-refractivity contribution in [1.82, 2.24) is 19.9 Å². The van der Waals surface area contributed by atoms with E-state index in [0.29, 0.717) is 18.1 Å². The molecule has 2 atom stereocenters. The van der Waals surface area contributed by atoms with E-state index in [0.717, 1.165) is 43.7 Å². The van der Waals surface area contributed by atoms with Crippen molar-refractivity contribution in [3.05, 3.63) is 77.1 Å². The monoisotopic (exact) mass is 390 g/mol. The highest BCUT2D eigenvalue weighted by atomic mass is 16.3. The number of hydrogen-bond donors (Lipinski definition) is 2. The zero-order valence-corrected chi connectivity index (χ0v) is 16.4. The standard InChI is InChI=1S/C23H26N4O2/c28-20-6-3-5-17(12-20)16-8-10-26(11-9-16)14-19-15-27(25-24-19)23-21-7-2-1-4-18(21)13-22(23)29/h1-7,12,15-16,22-23,28-29H,8-11,13-14H2/t22-,23+/m0/s1. The normalized spacial score (nSPS) is 22.7. The largest absolute Gasteiger partial charge is 0.508 e. The second-order valence-corrected chi connectivity index (χ2v) is 8.25. The van der Waals surface area contributed by atoms with Gasteiger partial charge >= 0.3 is 0 Å². The van der Waals surface area contributed by atoms with Crippen LogP contribution < -0.4 is 0 Å². The van der Waals surface area contributed by atoms with Crippen molar-refractivity contribution in [3.63, 3.8) is 0 Å². The van der Waals surface area contributed by atoms with Crippen LogP contribution in [0.15, 0.2) is 54.7 Å². The summed E-state index contributed by atoms with van der Waals surface area (Å²) in [4.78, 5) is 2.41. The molecule has 1 aliphatic carbocycles. The molecule has 0 radical (unpaired) electrons. The van der Waals surface area contributed by atoms with Gasteiger partial charge in [-0.2, -0.15) is 0 Å². The van der Waals surface area contributed by atoms with Gasteiger partial charge in [-0.25, -0.2) is 4.68 Å². The van der Waals surface area contributed by atoms with Crippen LogP contribution in [-0.4, -0.2) is 49.3 Å². The van der Waals surface area contributed by atoms with E-state index in [4.69, 9.17) is 0 Å². The summed E-state index contributed by atoms with van der Waals surface area (Å²) < 4.78 is 1.82. The number of aromatic hydroxyl groups is 1. The molecule has 5 rings (SSSR count). The van der Waals surface area contributed by atoms with E-state index in [1.165, 1.54) is 11.1 Å². The van der Waals surface area contributed by atoms with Crippen LogP contribution in [0.5, 0.6) is 5.75 Å². The highest BCUT2D eigenvalue weighted by Crippen LogP contribution is 2.34. The van der Waals surface area contributed by atoms with E-state index in [-0.39, 0.29) is 6.04 Å². The van der Waals surface area contributed by atoms with Gasteiger partial charge in [-0.15, -0.1) is 5.10 Å². The van der Waals surface area contributed by atoms with Gasteiger partial charge in [-0.05, 0) is 60.7 Å². The summed E-state index contributed by atoms with van der Waals surface area (Å²) >= 11 is 0. The first-order chi connectivity index (χ1) is 14.2. The Morgan fingerprint density at radius 1 is 1.03 bits per heavy atom. The molecule has 2 heterocycles. The number of aromatic nitrogens is 3. The van der Waals surface area contributed by atoms with Gasteiger partial charge in [0.1, 0.15) is 11.8 Å². The Kier molecular flexibility index (Phi) is 4.81. The molecular weight excluding hydrogens is 364 g/mol. The number of hydrogen-bond acceptors (Lipinski definition) is 5. The van der Waals surface area contributed by atoms with E-state index in [2.05, 4.69) is 33.4 Å². The minimum Gasteiger partial charge on any atom is -0.508 e. The number of phenolic OH excluding ortho intramolecular Hbond substituents is 1. The third-order valence-corrected chi connectivity index (χ3v) is 6.32. The van der Waals surface area contributed by atoms with Gasteiger partial charge in [0.05, 0.1) is 18.0 Å². The molecule has 0 amide bonds. The molecule has 2 aliphatic rings. The molecule has 3 aromatic rings. The molecule has 1 fully saturated rings. The molecule has 0 saturated carbocycles. The van der Waals surface area contributed by atoms with Gasteiger partial charge in [0, 0.05) is 13.0 Å². The van der Waals surface area contributed by atoms with Crippen molar-refractivity contribution >= 4 is 0 Å². The highest BCUT2D eigenvalue weighted by Gasteiger charge is 2.33. The van der Waals surface area contributed by atoms with Gasteiger partial charge in [-0.3, -0.25) is 4.90 Å². The zero-order chi connectivity index (χ0) is 19.8. The number of likely N-dealkylation sites (tertiary alicyclic amines) is 1. The molecule has 1 aromatic heterocycles. The summed E-state index contributed by atoms with van der Waals surface area (Å²) in [6.45, 7) is 2.78. The van der Waals surface area contributed by atoms with Crippen LogP contribution in [0.3, 0.4) is 0 Å². The van der Waals surface area contributed by atoms with Crippen molar-refractivity contribution in [2.45, 2.75) is 43.9 Å². The van der Waals surface area contributed by atoms with Crippen molar-refractivity contribution in [1.29, 1.82) is 0 Å². The van der Waals surface area contributed by atoms with E-state index < -0.39 is 6.10 Å². The average Bonchev–Trinajstić information content (AvgIpc) is 3.31. The summed E-state index contributed by atoms with van der Waals surface area (Å²) in [7, 11) is 0. The average molecular weight is 390 g/mol. The molecular formula is C23H26N4O2. The molecule has 0 bridgehead atoms. The lowest BCUT2D eigenvalue weighted by Crippen LogP contribution is -2.32. The third kappa shape index (κ3) is 3.66. The first-order valence-corrected chi connectivity index (χ1v) is 10.4. The zero-order valence-electron chi connectivity index (χ0n) is 16.4. The quantitative estimate of drug-likeness (QED) is 0.717. The number of aliphatic hydroxyl groups excluding tert-OH is 1. The van der Waals surface area contributed by atoms with Gasteiger partial charge in [0.2, 0.25) is 0 Å². The van der Waals surface area contributed by atoms with Crippen LogP contribution in [0, 0.1) is 0 Å². The maximum absolute atomic E-state index is 10.5. The second-order valence-electron chi connectivity index (χ2n) is 8.25. The maximum atomic E-state index is 10.5. The summed E-state index contributed by atoms with van der Waals surface area (Å²) in [5.74, 6) is 0.844. The van der Waals surface area contributed by atoms with Gasteiger partial charge < -0.3 is 10.2 Å². The summed E-state index contributed by atoms with van der Waals surface area (Å²) in [6.07, 6.45) is 4.34. The number of nitrogens with zero attached hydrogens (tertiary/aromatic N) is 4.